The van der Waals surface area contributed by atoms with Crippen molar-refractivity contribution < 1.29 is 80.8 Å². The topological polar surface area (TPSA) is 49.7 Å². The van der Waals surface area contributed by atoms with Gasteiger partial charge in [0, 0.05) is 0 Å². The number of aliphatic hydroxyl groups excluding tert-OH is 2. The molecule has 0 aromatic rings. The van der Waals surface area contributed by atoms with E-state index in [2.05, 4.69) is 4.74 Å². The first kappa shape index (κ1) is 24.5. The van der Waals surface area contributed by atoms with Gasteiger partial charge in [-0.1, -0.05) is 0 Å². The highest BCUT2D eigenvalue weighted by molar-refractivity contribution is 5.54. The highest BCUT2D eigenvalue weighted by Crippen LogP contribution is 2.88. The van der Waals surface area contributed by atoms with Gasteiger partial charge in [-0.25, -0.2) is 22.0 Å². The van der Waals surface area contributed by atoms with Crippen molar-refractivity contribution in [2.45, 2.75) is 64.2 Å². The van der Waals surface area contributed by atoms with Crippen LogP contribution < -0.4 is 0 Å². The van der Waals surface area contributed by atoms with Gasteiger partial charge in [0.25, 0.3) is 0 Å². The number of alkyl halides is 15. The van der Waals surface area contributed by atoms with Gasteiger partial charge in [-0.3, -0.25) is 0 Å². The fourth-order valence-electron chi connectivity index (χ4n) is 4.27. The predicted molar refractivity (Wildman–Crippen MR) is 63.0 cm³/mol. The summed E-state index contributed by atoms with van der Waals surface area (Å²) in [6.07, 6.45) is -2.75. The maximum absolute atomic E-state index is 15.1. The van der Waals surface area contributed by atoms with E-state index in [1.165, 1.54) is 0 Å². The number of hydrogen-bond donors (Lipinski definition) is 2. The second-order valence-corrected chi connectivity index (χ2v) is 7.25. The number of rotatable bonds is 4. The maximum Gasteiger partial charge on any atom is 0.339 e. The summed E-state index contributed by atoms with van der Waals surface area (Å²) in [5, 5.41) is 17.3. The minimum Gasteiger partial charge on any atom is -0.394 e. The van der Waals surface area contributed by atoms with E-state index in [1.54, 1.807) is 0 Å². The van der Waals surface area contributed by atoms with Crippen LogP contribution in [0.15, 0.2) is 0 Å². The van der Waals surface area contributed by atoms with Crippen LogP contribution in [0.2, 0.25) is 0 Å². The molecule has 3 nitrogen and oxygen atoms in total. The third kappa shape index (κ3) is 1.57. The molecule has 0 saturated heterocycles. The Bertz CT molecular complexity index is 724. The summed E-state index contributed by atoms with van der Waals surface area (Å²) in [5.41, 5.74) is -30.7. The molecular weight excluding hydrogens is 489 g/mol. The minimum absolute atomic E-state index is 1.70. The molecule has 0 spiro atoms. The Labute approximate surface area is 159 Å². The van der Waals surface area contributed by atoms with Crippen molar-refractivity contribution in [1.82, 2.24) is 0 Å². The summed E-state index contributed by atoms with van der Waals surface area (Å²) < 4.78 is 219. The van der Waals surface area contributed by atoms with Crippen LogP contribution in [0.3, 0.4) is 0 Å². The zero-order chi connectivity index (χ0) is 24.7. The molecule has 4 saturated carbocycles. The predicted octanol–water partition coefficient (Wildman–Crippen LogP) is 3.07. The van der Waals surface area contributed by atoms with Gasteiger partial charge < -0.3 is 14.9 Å². The fraction of sp³-hybridized carbons (Fsp3) is 1.00. The number of halogens is 15. The number of hydrogen-bond acceptors (Lipinski definition) is 3. The third-order valence-corrected chi connectivity index (χ3v) is 5.90. The van der Waals surface area contributed by atoms with Crippen molar-refractivity contribution in [3.05, 3.63) is 0 Å². The molecule has 4 rings (SSSR count). The zero-order valence-corrected chi connectivity index (χ0v) is 14.0. The molecule has 4 aliphatic carbocycles. The Morgan fingerprint density at radius 2 is 0.774 bits per heavy atom. The summed E-state index contributed by atoms with van der Waals surface area (Å²) in [6.45, 7) is -4.16. The summed E-state index contributed by atoms with van der Waals surface area (Å²) in [4.78, 5) is 0. The molecule has 182 valence electrons. The largest absolute Gasteiger partial charge is 0.394 e. The molecular formula is C13H7F15O3. The van der Waals surface area contributed by atoms with E-state index in [0.717, 1.165) is 0 Å². The van der Waals surface area contributed by atoms with Crippen molar-refractivity contribution in [2.24, 2.45) is 0 Å². The average molecular weight is 496 g/mol. The standard InChI is InChI=1S/C13H7F15O3/c14-4-8(18,19)5(15)11(24,25)6(16,9(4,20)21)13(28,31-2-3(30)1-29)7(17,10(4,22)23)12(5,26)27/h3,29-30H,1-2H2. The van der Waals surface area contributed by atoms with E-state index in [0.29, 0.717) is 0 Å². The zero-order valence-electron chi connectivity index (χ0n) is 14.0. The molecule has 4 bridgehead atoms. The molecule has 4 fully saturated rings. The van der Waals surface area contributed by atoms with Crippen LogP contribution in [0.1, 0.15) is 0 Å². The van der Waals surface area contributed by atoms with Crippen molar-refractivity contribution in [3.8, 4) is 0 Å². The Morgan fingerprint density at radius 1 is 0.516 bits per heavy atom. The molecule has 0 amide bonds. The second-order valence-electron chi connectivity index (χ2n) is 7.25. The van der Waals surface area contributed by atoms with Crippen LogP contribution in [-0.4, -0.2) is 87.7 Å². The Kier molecular flexibility index (Phi) is 4.19. The number of aliphatic hydroxyl groups is 2. The van der Waals surface area contributed by atoms with Gasteiger partial charge in [0.1, 0.15) is 6.10 Å². The van der Waals surface area contributed by atoms with Gasteiger partial charge in [-0.15, -0.1) is 0 Å². The van der Waals surface area contributed by atoms with Crippen molar-refractivity contribution in [3.63, 3.8) is 0 Å². The van der Waals surface area contributed by atoms with E-state index in [1.807, 2.05) is 0 Å². The van der Waals surface area contributed by atoms with Crippen LogP contribution in [-0.2, 0) is 4.74 Å². The molecule has 0 aromatic carbocycles. The quantitative estimate of drug-likeness (QED) is 0.589. The first-order chi connectivity index (χ1) is 13.5. The normalized spacial score (nSPS) is 51.0. The lowest BCUT2D eigenvalue weighted by atomic mass is 9.40. The number of ether oxygens (including phenoxy) is 1. The molecule has 2 N–H and O–H groups in total. The Hall–Kier alpha value is -1.17. The summed E-state index contributed by atoms with van der Waals surface area (Å²) in [6, 6.07) is 0. The Morgan fingerprint density at radius 3 is 1.03 bits per heavy atom. The van der Waals surface area contributed by atoms with Crippen molar-refractivity contribution in [2.75, 3.05) is 13.2 Å². The van der Waals surface area contributed by atoms with Gasteiger partial charge in [-0.2, -0.15) is 43.9 Å². The van der Waals surface area contributed by atoms with Gasteiger partial charge in [0.05, 0.1) is 13.2 Å². The molecule has 31 heavy (non-hydrogen) atoms. The highest BCUT2D eigenvalue weighted by Gasteiger charge is 3.23. The lowest BCUT2D eigenvalue weighted by molar-refractivity contribution is -0.617. The van der Waals surface area contributed by atoms with E-state index >= 15 is 4.39 Å². The van der Waals surface area contributed by atoms with E-state index in [4.69, 9.17) is 10.2 Å². The van der Waals surface area contributed by atoms with Gasteiger partial charge in [0.15, 0.2) is 0 Å². The van der Waals surface area contributed by atoms with E-state index in [-0.39, 0.29) is 0 Å². The highest BCUT2D eigenvalue weighted by atomic mass is 19.3. The molecule has 18 heteroatoms. The molecule has 1 unspecified atom stereocenters. The Balaban J connectivity index is 2.56. The van der Waals surface area contributed by atoms with E-state index in [9.17, 15) is 61.5 Å². The van der Waals surface area contributed by atoms with E-state index < -0.39 is 77.5 Å². The summed E-state index contributed by atoms with van der Waals surface area (Å²) >= 11 is 0. The molecule has 1 atom stereocenters. The van der Waals surface area contributed by atoms with Gasteiger partial charge in [0.2, 0.25) is 0 Å². The smallest absolute Gasteiger partial charge is 0.339 e. The van der Waals surface area contributed by atoms with Crippen LogP contribution >= 0.6 is 0 Å². The van der Waals surface area contributed by atoms with Crippen LogP contribution in [0.4, 0.5) is 65.9 Å². The van der Waals surface area contributed by atoms with Crippen molar-refractivity contribution in [1.29, 1.82) is 0 Å². The molecule has 0 heterocycles. The molecule has 0 radical (unpaired) electrons. The third-order valence-electron chi connectivity index (χ3n) is 5.90. The lowest BCUT2D eigenvalue weighted by Gasteiger charge is -2.74. The van der Waals surface area contributed by atoms with Gasteiger partial charge >= 0.3 is 58.1 Å². The fourth-order valence-corrected chi connectivity index (χ4v) is 4.27. The van der Waals surface area contributed by atoms with Crippen LogP contribution in [0, 0.1) is 0 Å². The maximum atomic E-state index is 15.1. The first-order valence-corrected chi connectivity index (χ1v) is 7.72. The monoisotopic (exact) mass is 496 g/mol. The molecule has 0 aliphatic heterocycles. The lowest BCUT2D eigenvalue weighted by Crippen LogP contribution is -3.09. The average Bonchev–Trinajstić information content (AvgIpc) is 2.64. The van der Waals surface area contributed by atoms with Crippen molar-refractivity contribution >= 4 is 0 Å². The molecule has 0 aromatic heterocycles. The minimum atomic E-state index is -7.91. The first-order valence-electron chi connectivity index (χ1n) is 7.72. The second kappa shape index (κ2) is 5.31. The van der Waals surface area contributed by atoms with Crippen LogP contribution in [0.5, 0.6) is 0 Å². The summed E-state index contributed by atoms with van der Waals surface area (Å²) in [5.74, 6) is -46.3. The van der Waals surface area contributed by atoms with Gasteiger partial charge in [-0.05, 0) is 0 Å². The molecule has 4 aliphatic rings. The van der Waals surface area contributed by atoms with Crippen LogP contribution in [0.25, 0.3) is 0 Å². The SMILES string of the molecule is OCC(O)COC1(F)C2(F)C(F)(F)C3(F)C(F)(F)C(F)(C2(F)F)C(F)(F)C1(F)C3(F)F. The summed E-state index contributed by atoms with van der Waals surface area (Å²) in [7, 11) is 0.